The molecular weight excluding hydrogens is 240 g/mol. The Bertz CT molecular complexity index is 241. The molecule has 6 nitrogen and oxygen atoms in total. The van der Waals surface area contributed by atoms with Crippen molar-refractivity contribution in [3.05, 3.63) is 12.2 Å². The van der Waals surface area contributed by atoms with E-state index in [2.05, 4.69) is 6.58 Å². The lowest BCUT2D eigenvalue weighted by Crippen LogP contribution is -2.27. The van der Waals surface area contributed by atoms with Crippen LogP contribution < -0.4 is 0 Å². The van der Waals surface area contributed by atoms with Gasteiger partial charge in [-0.25, -0.2) is 0 Å². The average molecular weight is 262 g/mol. The number of hydrogen-bond acceptors (Lipinski definition) is 6. The minimum Gasteiger partial charge on any atom is -0.394 e. The summed E-state index contributed by atoms with van der Waals surface area (Å²) in [6.07, 6.45) is -1.16. The molecule has 18 heavy (non-hydrogen) atoms. The number of ketones is 1. The highest BCUT2D eigenvalue weighted by atomic mass is 16.5. The van der Waals surface area contributed by atoms with Gasteiger partial charge in [-0.1, -0.05) is 6.58 Å². The molecule has 0 aromatic carbocycles. The van der Waals surface area contributed by atoms with Gasteiger partial charge in [0.15, 0.2) is 5.78 Å². The lowest BCUT2D eigenvalue weighted by Gasteiger charge is -2.10. The van der Waals surface area contributed by atoms with E-state index in [0.29, 0.717) is 38.6 Å². The van der Waals surface area contributed by atoms with Crippen LogP contribution >= 0.6 is 0 Å². The van der Waals surface area contributed by atoms with Crippen molar-refractivity contribution in [3.8, 4) is 0 Å². The number of aliphatic hydroxyl groups excluding tert-OH is 2. The van der Waals surface area contributed by atoms with E-state index in [1.54, 1.807) is 6.92 Å². The Morgan fingerprint density at radius 3 is 2.11 bits per heavy atom. The van der Waals surface area contributed by atoms with Crippen molar-refractivity contribution in [2.45, 2.75) is 13.0 Å². The van der Waals surface area contributed by atoms with E-state index < -0.39 is 11.9 Å². The largest absolute Gasteiger partial charge is 0.394 e. The predicted octanol–water partition coefficient (Wildman–Crippen LogP) is -0.465. The summed E-state index contributed by atoms with van der Waals surface area (Å²) in [5, 5.41) is 17.8. The smallest absolute Gasteiger partial charge is 0.188 e. The van der Waals surface area contributed by atoms with Crippen LogP contribution in [0.3, 0.4) is 0 Å². The van der Waals surface area contributed by atoms with Crippen LogP contribution in [0.15, 0.2) is 12.2 Å². The SMILES string of the molecule is C=C(C)C(=O)C(O)COCCOCCOCCO. The maximum absolute atomic E-state index is 11.2. The van der Waals surface area contributed by atoms with Crippen LogP contribution in [0.4, 0.5) is 0 Å². The van der Waals surface area contributed by atoms with Crippen LogP contribution in [0, 0.1) is 0 Å². The summed E-state index contributed by atoms with van der Waals surface area (Å²) in [4.78, 5) is 11.2. The fourth-order valence-corrected chi connectivity index (χ4v) is 1.06. The van der Waals surface area contributed by atoms with Gasteiger partial charge in [0.1, 0.15) is 6.10 Å². The lowest BCUT2D eigenvalue weighted by molar-refractivity contribution is -0.126. The molecule has 0 spiro atoms. The number of ether oxygens (including phenoxy) is 3. The maximum Gasteiger partial charge on any atom is 0.188 e. The van der Waals surface area contributed by atoms with E-state index in [4.69, 9.17) is 19.3 Å². The van der Waals surface area contributed by atoms with E-state index >= 15 is 0 Å². The van der Waals surface area contributed by atoms with E-state index in [1.165, 1.54) is 0 Å². The fraction of sp³-hybridized carbons (Fsp3) is 0.750. The molecule has 0 heterocycles. The van der Waals surface area contributed by atoms with Gasteiger partial charge in [0.25, 0.3) is 0 Å². The third-order valence-electron chi connectivity index (χ3n) is 1.98. The van der Waals surface area contributed by atoms with Crippen LogP contribution in [-0.4, -0.2) is 68.3 Å². The average Bonchev–Trinajstić information content (AvgIpc) is 2.35. The molecule has 0 fully saturated rings. The number of hydrogen-bond donors (Lipinski definition) is 2. The van der Waals surface area contributed by atoms with Crippen LogP contribution in [-0.2, 0) is 19.0 Å². The second-order valence-electron chi connectivity index (χ2n) is 3.68. The molecule has 1 unspecified atom stereocenters. The van der Waals surface area contributed by atoms with Gasteiger partial charge in [0.05, 0.1) is 46.2 Å². The standard InChI is InChI=1S/C12H22O6/c1-10(2)12(15)11(14)9-18-8-7-17-6-5-16-4-3-13/h11,13-14H,1,3-9H2,2H3. The summed E-state index contributed by atoms with van der Waals surface area (Å²) in [5.74, 6) is -0.409. The Kier molecular flexibility index (Phi) is 10.8. The molecule has 0 saturated carbocycles. The van der Waals surface area contributed by atoms with E-state index in [9.17, 15) is 9.90 Å². The molecule has 0 aromatic rings. The summed E-state index contributed by atoms with van der Waals surface area (Å²) in [6, 6.07) is 0. The highest BCUT2D eigenvalue weighted by molar-refractivity contribution is 5.97. The Morgan fingerprint density at radius 1 is 1.11 bits per heavy atom. The van der Waals surface area contributed by atoms with Gasteiger partial charge in [0, 0.05) is 0 Å². The molecule has 0 amide bonds. The van der Waals surface area contributed by atoms with Gasteiger partial charge >= 0.3 is 0 Å². The van der Waals surface area contributed by atoms with Crippen molar-refractivity contribution in [2.24, 2.45) is 0 Å². The topological polar surface area (TPSA) is 85.2 Å². The summed E-state index contributed by atoms with van der Waals surface area (Å²) in [6.45, 7) is 6.71. The molecule has 106 valence electrons. The summed E-state index contributed by atoms with van der Waals surface area (Å²) in [7, 11) is 0. The molecule has 2 N–H and O–H groups in total. The number of rotatable bonds is 12. The summed E-state index contributed by atoms with van der Waals surface area (Å²) >= 11 is 0. The minimum absolute atomic E-state index is 0.00223. The molecule has 0 aromatic heterocycles. The first kappa shape index (κ1) is 17.2. The first-order valence-corrected chi connectivity index (χ1v) is 5.81. The lowest BCUT2D eigenvalue weighted by atomic mass is 10.1. The Hall–Kier alpha value is -0.790. The van der Waals surface area contributed by atoms with E-state index in [1.807, 2.05) is 0 Å². The van der Waals surface area contributed by atoms with Gasteiger partial charge in [-0.05, 0) is 12.5 Å². The zero-order valence-corrected chi connectivity index (χ0v) is 10.8. The Balaban J connectivity index is 3.30. The van der Waals surface area contributed by atoms with Crippen molar-refractivity contribution >= 4 is 5.78 Å². The van der Waals surface area contributed by atoms with Gasteiger partial charge < -0.3 is 24.4 Å². The molecule has 0 rings (SSSR count). The highest BCUT2D eigenvalue weighted by Gasteiger charge is 2.15. The van der Waals surface area contributed by atoms with Gasteiger partial charge in [-0.2, -0.15) is 0 Å². The van der Waals surface area contributed by atoms with E-state index in [-0.39, 0.29) is 13.2 Å². The molecule has 1 atom stereocenters. The normalized spacial score (nSPS) is 12.4. The molecule has 0 saturated heterocycles. The monoisotopic (exact) mass is 262 g/mol. The fourth-order valence-electron chi connectivity index (χ4n) is 1.06. The van der Waals surface area contributed by atoms with Crippen LogP contribution in [0.1, 0.15) is 6.92 Å². The van der Waals surface area contributed by atoms with Crippen LogP contribution in [0.25, 0.3) is 0 Å². The number of carbonyl (C=O) groups excluding carboxylic acids is 1. The third kappa shape index (κ3) is 9.26. The van der Waals surface area contributed by atoms with Crippen LogP contribution in [0.2, 0.25) is 0 Å². The molecule has 0 aliphatic carbocycles. The van der Waals surface area contributed by atoms with Crippen molar-refractivity contribution in [2.75, 3.05) is 46.2 Å². The van der Waals surface area contributed by atoms with Crippen molar-refractivity contribution < 1.29 is 29.2 Å². The Labute approximate surface area is 107 Å². The molecule has 0 aliphatic rings. The van der Waals surface area contributed by atoms with Crippen molar-refractivity contribution in [3.63, 3.8) is 0 Å². The predicted molar refractivity (Wildman–Crippen MR) is 65.4 cm³/mol. The molecule has 0 bridgehead atoms. The van der Waals surface area contributed by atoms with Gasteiger partial charge in [-0.3, -0.25) is 4.79 Å². The minimum atomic E-state index is -1.16. The molecular formula is C12H22O6. The maximum atomic E-state index is 11.2. The second kappa shape index (κ2) is 11.3. The van der Waals surface area contributed by atoms with E-state index in [0.717, 1.165) is 0 Å². The Morgan fingerprint density at radius 2 is 1.61 bits per heavy atom. The second-order valence-corrected chi connectivity index (χ2v) is 3.68. The van der Waals surface area contributed by atoms with Crippen molar-refractivity contribution in [1.82, 2.24) is 0 Å². The summed E-state index contributed by atoms with van der Waals surface area (Å²) in [5.41, 5.74) is 0.309. The van der Waals surface area contributed by atoms with Gasteiger partial charge in [0.2, 0.25) is 0 Å². The number of carbonyl (C=O) groups is 1. The third-order valence-corrected chi connectivity index (χ3v) is 1.98. The number of Topliss-reactive ketones (excluding diaryl/α,β-unsaturated/α-hetero) is 1. The van der Waals surface area contributed by atoms with Gasteiger partial charge in [-0.15, -0.1) is 0 Å². The summed E-state index contributed by atoms with van der Waals surface area (Å²) < 4.78 is 15.2. The first-order chi connectivity index (χ1) is 8.59. The zero-order chi connectivity index (χ0) is 13.8. The van der Waals surface area contributed by atoms with Crippen molar-refractivity contribution in [1.29, 1.82) is 0 Å². The zero-order valence-electron chi connectivity index (χ0n) is 10.8. The first-order valence-electron chi connectivity index (χ1n) is 5.81. The van der Waals surface area contributed by atoms with Crippen LogP contribution in [0.5, 0.6) is 0 Å². The molecule has 0 aliphatic heterocycles. The number of aliphatic hydroxyl groups is 2. The molecule has 6 heteroatoms. The molecule has 0 radical (unpaired) electrons. The quantitative estimate of drug-likeness (QED) is 0.365. The highest BCUT2D eigenvalue weighted by Crippen LogP contribution is 1.97.